The van der Waals surface area contributed by atoms with Crippen molar-refractivity contribution >= 4 is 5.91 Å². The zero-order valence-corrected chi connectivity index (χ0v) is 16.2. The van der Waals surface area contributed by atoms with Gasteiger partial charge in [0.15, 0.2) is 0 Å². The maximum Gasteiger partial charge on any atom is 0.256 e. The van der Waals surface area contributed by atoms with Gasteiger partial charge in [0, 0.05) is 24.9 Å². The lowest BCUT2D eigenvalue weighted by Crippen LogP contribution is -2.39. The molecule has 148 valence electrons. The number of carbonyl (C=O) groups excluding carboxylic acids is 1. The van der Waals surface area contributed by atoms with Gasteiger partial charge in [-0.2, -0.15) is 0 Å². The molecule has 1 N–H and O–H groups in total. The molecule has 29 heavy (non-hydrogen) atoms. The van der Waals surface area contributed by atoms with Crippen molar-refractivity contribution < 1.29 is 9.18 Å². The Bertz CT molecular complexity index is 1110. The fraction of sp³-hybridized carbons (Fsp3) is 0.261. The van der Waals surface area contributed by atoms with Gasteiger partial charge in [-0.05, 0) is 41.8 Å². The first-order valence-electron chi connectivity index (χ1n) is 9.77. The Morgan fingerprint density at radius 3 is 2.69 bits per heavy atom. The van der Waals surface area contributed by atoms with Gasteiger partial charge in [0.2, 0.25) is 0 Å². The van der Waals surface area contributed by atoms with Gasteiger partial charge in [-0.25, -0.2) is 9.37 Å². The van der Waals surface area contributed by atoms with Gasteiger partial charge in [-0.3, -0.25) is 9.59 Å². The van der Waals surface area contributed by atoms with Crippen molar-refractivity contribution in [1.82, 2.24) is 14.9 Å². The number of rotatable bonds is 4. The molecule has 6 heteroatoms. The van der Waals surface area contributed by atoms with Crippen LogP contribution in [0.25, 0.3) is 0 Å². The average Bonchev–Trinajstić information content (AvgIpc) is 2.73. The number of halogens is 1. The van der Waals surface area contributed by atoms with Crippen molar-refractivity contribution in [2.75, 3.05) is 6.54 Å². The van der Waals surface area contributed by atoms with Crippen LogP contribution in [0.3, 0.4) is 0 Å². The third-order valence-electron chi connectivity index (χ3n) is 5.27. The molecule has 2 aromatic carbocycles. The number of fused-ring (bicyclic) bond motifs is 1. The van der Waals surface area contributed by atoms with Crippen molar-refractivity contribution in [3.8, 4) is 0 Å². The average molecular weight is 391 g/mol. The summed E-state index contributed by atoms with van der Waals surface area (Å²) in [6.07, 6.45) is 1.80. The number of nitrogens with zero attached hydrogens (tertiary/aromatic N) is 2. The van der Waals surface area contributed by atoms with E-state index in [9.17, 15) is 14.0 Å². The lowest BCUT2D eigenvalue weighted by atomic mass is 10.0. The monoisotopic (exact) mass is 391 g/mol. The van der Waals surface area contributed by atoms with Crippen LogP contribution < -0.4 is 5.56 Å². The van der Waals surface area contributed by atoms with Crippen molar-refractivity contribution in [2.45, 2.75) is 32.7 Å². The van der Waals surface area contributed by atoms with Crippen LogP contribution in [0, 0.1) is 5.82 Å². The van der Waals surface area contributed by atoms with Crippen molar-refractivity contribution in [3.05, 3.63) is 98.5 Å². The van der Waals surface area contributed by atoms with E-state index < -0.39 is 0 Å². The molecule has 0 unspecified atom stereocenters. The standard InChI is InChI=1S/C23H22FN3O2/c1-2-15-6-8-17(9-7-15)23(29)27-11-10-20-19(14-27)22(28)26-21(25-20)13-16-4-3-5-18(24)12-16/h3-9,12H,2,10-11,13-14H2,1H3,(H,25,26,28). The fourth-order valence-electron chi connectivity index (χ4n) is 3.64. The van der Waals surface area contributed by atoms with Crippen LogP contribution in [0.4, 0.5) is 4.39 Å². The van der Waals surface area contributed by atoms with Crippen molar-refractivity contribution in [3.63, 3.8) is 0 Å². The number of aryl methyl sites for hydroxylation is 1. The Morgan fingerprint density at radius 2 is 1.97 bits per heavy atom. The summed E-state index contributed by atoms with van der Waals surface area (Å²) in [6, 6.07) is 13.8. The highest BCUT2D eigenvalue weighted by Crippen LogP contribution is 2.18. The number of amides is 1. The number of carbonyl (C=O) groups is 1. The molecule has 1 aliphatic rings. The summed E-state index contributed by atoms with van der Waals surface area (Å²) in [5.41, 5.74) is 3.55. The molecular weight excluding hydrogens is 369 g/mol. The van der Waals surface area contributed by atoms with Gasteiger partial charge in [-0.1, -0.05) is 31.2 Å². The maximum absolute atomic E-state index is 13.4. The molecule has 0 saturated carbocycles. The summed E-state index contributed by atoms with van der Waals surface area (Å²) in [7, 11) is 0. The van der Waals surface area contributed by atoms with E-state index in [1.54, 1.807) is 17.0 Å². The molecular formula is C23H22FN3O2. The molecule has 1 aromatic heterocycles. The zero-order valence-electron chi connectivity index (χ0n) is 16.2. The molecule has 1 aliphatic heterocycles. The zero-order chi connectivity index (χ0) is 20.4. The van der Waals surface area contributed by atoms with Gasteiger partial charge in [0.1, 0.15) is 11.6 Å². The van der Waals surface area contributed by atoms with Crippen LogP contribution in [-0.2, 0) is 25.8 Å². The van der Waals surface area contributed by atoms with Gasteiger partial charge in [-0.15, -0.1) is 0 Å². The first kappa shape index (κ1) is 19.1. The molecule has 1 amide bonds. The molecule has 0 atom stereocenters. The highest BCUT2D eigenvalue weighted by Gasteiger charge is 2.25. The number of H-pyrrole nitrogens is 1. The molecule has 0 bridgehead atoms. The van der Waals surface area contributed by atoms with E-state index in [2.05, 4.69) is 16.9 Å². The highest BCUT2D eigenvalue weighted by atomic mass is 19.1. The lowest BCUT2D eigenvalue weighted by molar-refractivity contribution is 0.0732. The van der Waals surface area contributed by atoms with Gasteiger partial charge < -0.3 is 9.88 Å². The highest BCUT2D eigenvalue weighted by molar-refractivity contribution is 5.94. The van der Waals surface area contributed by atoms with E-state index in [-0.39, 0.29) is 23.8 Å². The number of aromatic nitrogens is 2. The molecule has 0 fully saturated rings. The smallest absolute Gasteiger partial charge is 0.256 e. The molecule has 0 spiro atoms. The van der Waals surface area contributed by atoms with Crippen LogP contribution in [0.5, 0.6) is 0 Å². The minimum absolute atomic E-state index is 0.0819. The van der Waals surface area contributed by atoms with Gasteiger partial charge in [0.05, 0.1) is 17.8 Å². The quantitative estimate of drug-likeness (QED) is 0.742. The van der Waals surface area contributed by atoms with E-state index in [1.807, 2.05) is 24.3 Å². The molecule has 0 aliphatic carbocycles. The minimum Gasteiger partial charge on any atom is -0.334 e. The summed E-state index contributed by atoms with van der Waals surface area (Å²) in [5.74, 6) is 0.111. The van der Waals surface area contributed by atoms with Crippen LogP contribution in [-0.4, -0.2) is 27.3 Å². The Balaban J connectivity index is 1.53. The van der Waals surface area contributed by atoms with Crippen LogP contribution in [0.2, 0.25) is 0 Å². The summed E-state index contributed by atoms with van der Waals surface area (Å²) in [4.78, 5) is 34.5. The van der Waals surface area contributed by atoms with Crippen molar-refractivity contribution in [1.29, 1.82) is 0 Å². The van der Waals surface area contributed by atoms with Gasteiger partial charge >= 0.3 is 0 Å². The van der Waals surface area contributed by atoms with E-state index in [4.69, 9.17) is 0 Å². The first-order chi connectivity index (χ1) is 14.0. The second-order valence-electron chi connectivity index (χ2n) is 7.27. The number of aromatic amines is 1. The molecule has 2 heterocycles. The number of hydrogen-bond donors (Lipinski definition) is 1. The molecule has 0 saturated heterocycles. The SMILES string of the molecule is CCc1ccc(C(=O)N2CCc3nc(Cc4cccc(F)c4)[nH]c(=O)c3C2)cc1. The molecule has 3 aromatic rings. The number of hydrogen-bond acceptors (Lipinski definition) is 3. The largest absolute Gasteiger partial charge is 0.334 e. The summed E-state index contributed by atoms with van der Waals surface area (Å²) >= 11 is 0. The summed E-state index contributed by atoms with van der Waals surface area (Å²) in [6.45, 7) is 2.82. The first-order valence-corrected chi connectivity index (χ1v) is 9.77. The Labute approximate surface area is 168 Å². The lowest BCUT2D eigenvalue weighted by Gasteiger charge is -2.28. The van der Waals surface area contributed by atoms with E-state index in [0.717, 1.165) is 12.0 Å². The van der Waals surface area contributed by atoms with Crippen LogP contribution in [0.1, 0.15) is 45.5 Å². The number of nitrogens with one attached hydrogen (secondary N) is 1. The third kappa shape index (κ3) is 4.11. The van der Waals surface area contributed by atoms with E-state index in [0.29, 0.717) is 42.0 Å². The number of benzene rings is 2. The minimum atomic E-state index is -0.316. The van der Waals surface area contributed by atoms with Crippen molar-refractivity contribution in [2.24, 2.45) is 0 Å². The predicted octanol–water partition coefficient (Wildman–Crippen LogP) is 3.26. The Morgan fingerprint density at radius 1 is 1.17 bits per heavy atom. The molecule has 4 rings (SSSR count). The van der Waals surface area contributed by atoms with E-state index >= 15 is 0 Å². The molecule has 5 nitrogen and oxygen atoms in total. The second kappa shape index (κ2) is 7.99. The summed E-state index contributed by atoms with van der Waals surface area (Å²) < 4.78 is 13.4. The Hall–Kier alpha value is -3.28. The predicted molar refractivity (Wildman–Crippen MR) is 108 cm³/mol. The van der Waals surface area contributed by atoms with Gasteiger partial charge in [0.25, 0.3) is 11.5 Å². The topological polar surface area (TPSA) is 66.1 Å². The normalized spacial score (nSPS) is 13.2. The second-order valence-corrected chi connectivity index (χ2v) is 7.27. The molecule has 0 radical (unpaired) electrons. The maximum atomic E-state index is 13.4. The van der Waals surface area contributed by atoms with Crippen LogP contribution in [0.15, 0.2) is 53.3 Å². The summed E-state index contributed by atoms with van der Waals surface area (Å²) in [5, 5.41) is 0. The fourth-order valence-corrected chi connectivity index (χ4v) is 3.64. The van der Waals surface area contributed by atoms with Crippen LogP contribution >= 0.6 is 0 Å². The van der Waals surface area contributed by atoms with E-state index in [1.165, 1.54) is 17.7 Å². The third-order valence-corrected chi connectivity index (χ3v) is 5.27. The Kier molecular flexibility index (Phi) is 5.25.